The first kappa shape index (κ1) is 13.4. The minimum atomic E-state index is -0.439. The lowest BCUT2D eigenvalue weighted by atomic mass is 9.82. The minimum absolute atomic E-state index is 0.287. The molecule has 1 aromatic carbocycles. The van der Waals surface area contributed by atoms with Crippen LogP contribution in [0.3, 0.4) is 0 Å². The van der Waals surface area contributed by atoms with Crippen molar-refractivity contribution in [1.82, 2.24) is 5.32 Å². The van der Waals surface area contributed by atoms with Crippen molar-refractivity contribution in [1.29, 1.82) is 0 Å². The van der Waals surface area contributed by atoms with Gasteiger partial charge in [0.05, 0.1) is 11.7 Å². The minimum Gasteiger partial charge on any atom is -0.490 e. The van der Waals surface area contributed by atoms with E-state index in [1.807, 2.05) is 7.05 Å². The van der Waals surface area contributed by atoms with E-state index < -0.39 is 5.91 Å². The first-order valence-electron chi connectivity index (χ1n) is 6.00. The third-order valence-electron chi connectivity index (χ3n) is 3.19. The Balaban J connectivity index is 1.92. The third-order valence-corrected chi connectivity index (χ3v) is 3.85. The van der Waals surface area contributed by atoms with Gasteiger partial charge in [0, 0.05) is 4.47 Å². The molecule has 5 heteroatoms. The third kappa shape index (κ3) is 3.03. The molecule has 4 nitrogen and oxygen atoms in total. The number of ether oxygens (including phenoxy) is 1. The smallest absolute Gasteiger partial charge is 0.249 e. The van der Waals surface area contributed by atoms with E-state index in [0.29, 0.717) is 16.0 Å². The number of benzene rings is 1. The van der Waals surface area contributed by atoms with Gasteiger partial charge in [-0.15, -0.1) is 0 Å². The summed E-state index contributed by atoms with van der Waals surface area (Å²) >= 11 is 3.32. The molecule has 0 unspecified atom stereocenters. The molecular weight excluding hydrogens is 296 g/mol. The zero-order chi connectivity index (χ0) is 13.1. The van der Waals surface area contributed by atoms with Gasteiger partial charge in [-0.3, -0.25) is 4.79 Å². The summed E-state index contributed by atoms with van der Waals surface area (Å²) in [6, 6.07) is 5.27. The summed E-state index contributed by atoms with van der Waals surface area (Å²) in [4.78, 5) is 11.1. The van der Waals surface area contributed by atoms with Gasteiger partial charge in [0.25, 0.3) is 0 Å². The molecule has 0 heterocycles. The van der Waals surface area contributed by atoms with Crippen molar-refractivity contribution in [3.8, 4) is 5.75 Å². The molecule has 18 heavy (non-hydrogen) atoms. The molecule has 0 aliphatic heterocycles. The second-order valence-electron chi connectivity index (χ2n) is 4.64. The molecule has 1 aliphatic carbocycles. The Labute approximate surface area is 115 Å². The van der Waals surface area contributed by atoms with Crippen molar-refractivity contribution in [3.63, 3.8) is 0 Å². The number of carbonyl (C=O) groups is 1. The van der Waals surface area contributed by atoms with Crippen LogP contribution >= 0.6 is 15.9 Å². The molecule has 2 rings (SSSR count). The maximum absolute atomic E-state index is 11.1. The Morgan fingerprint density at radius 3 is 2.83 bits per heavy atom. The molecule has 1 aromatic rings. The molecule has 3 N–H and O–H groups in total. The van der Waals surface area contributed by atoms with Gasteiger partial charge in [-0.05, 0) is 66.5 Å². The van der Waals surface area contributed by atoms with Crippen LogP contribution in [0.4, 0.5) is 0 Å². The Morgan fingerprint density at radius 2 is 2.28 bits per heavy atom. The fourth-order valence-corrected chi connectivity index (χ4v) is 2.74. The normalized spacial score (nSPS) is 22.3. The average molecular weight is 313 g/mol. The summed E-state index contributed by atoms with van der Waals surface area (Å²) < 4.78 is 6.51. The number of nitrogens with two attached hydrogens (primary N) is 1. The summed E-state index contributed by atoms with van der Waals surface area (Å²) in [5.74, 6) is 1.05. The Hall–Kier alpha value is -1.07. The maximum atomic E-state index is 11.1. The van der Waals surface area contributed by atoms with Crippen molar-refractivity contribution in [2.75, 3.05) is 13.6 Å². The Morgan fingerprint density at radius 1 is 1.56 bits per heavy atom. The molecule has 1 amide bonds. The maximum Gasteiger partial charge on any atom is 0.249 e. The topological polar surface area (TPSA) is 64.3 Å². The molecule has 0 bridgehead atoms. The lowest BCUT2D eigenvalue weighted by molar-refractivity contribution is 0.0657. The van der Waals surface area contributed by atoms with Crippen LogP contribution in [0.1, 0.15) is 23.2 Å². The van der Waals surface area contributed by atoms with Gasteiger partial charge in [0.2, 0.25) is 5.91 Å². The van der Waals surface area contributed by atoms with E-state index >= 15 is 0 Å². The number of rotatable bonds is 5. The van der Waals surface area contributed by atoms with E-state index in [1.54, 1.807) is 18.2 Å². The quantitative estimate of drug-likeness (QED) is 0.873. The van der Waals surface area contributed by atoms with E-state index in [2.05, 4.69) is 21.2 Å². The molecule has 0 radical (unpaired) electrons. The second kappa shape index (κ2) is 5.71. The molecule has 1 aliphatic rings. The van der Waals surface area contributed by atoms with E-state index in [0.717, 1.165) is 25.1 Å². The lowest BCUT2D eigenvalue weighted by Crippen LogP contribution is -2.38. The SMILES string of the molecule is CNCC1CC(Oc2ccc(C(N)=O)c(Br)c2)C1. The van der Waals surface area contributed by atoms with Gasteiger partial charge in [0.1, 0.15) is 5.75 Å². The number of primary amides is 1. The molecule has 1 saturated carbocycles. The van der Waals surface area contributed by atoms with E-state index in [4.69, 9.17) is 10.5 Å². The van der Waals surface area contributed by atoms with E-state index in [1.165, 1.54) is 0 Å². The van der Waals surface area contributed by atoms with Crippen molar-refractivity contribution < 1.29 is 9.53 Å². The summed E-state index contributed by atoms with van der Waals surface area (Å²) in [5, 5.41) is 3.17. The van der Waals surface area contributed by atoms with Crippen LogP contribution in [-0.4, -0.2) is 25.6 Å². The first-order valence-corrected chi connectivity index (χ1v) is 6.80. The van der Waals surface area contributed by atoms with Gasteiger partial charge in [-0.1, -0.05) is 0 Å². The number of nitrogens with one attached hydrogen (secondary N) is 1. The number of hydrogen-bond donors (Lipinski definition) is 2. The summed E-state index contributed by atoms with van der Waals surface area (Å²) in [7, 11) is 1.97. The zero-order valence-electron chi connectivity index (χ0n) is 10.3. The van der Waals surface area contributed by atoms with Crippen molar-refractivity contribution in [2.24, 2.45) is 11.7 Å². The Kier molecular flexibility index (Phi) is 4.24. The molecule has 0 atom stereocenters. The molecular formula is C13H17BrN2O2. The standard InChI is InChI=1S/C13H17BrN2O2/c1-16-7-8-4-10(5-8)18-9-2-3-11(13(15)17)12(14)6-9/h2-3,6,8,10,16H,4-5,7H2,1H3,(H2,15,17). The monoisotopic (exact) mass is 312 g/mol. The van der Waals surface area contributed by atoms with Crippen LogP contribution in [0.25, 0.3) is 0 Å². The predicted octanol–water partition coefficient (Wildman–Crippen LogP) is 1.92. The van der Waals surface area contributed by atoms with Gasteiger partial charge in [-0.25, -0.2) is 0 Å². The van der Waals surface area contributed by atoms with E-state index in [9.17, 15) is 4.79 Å². The molecule has 0 saturated heterocycles. The van der Waals surface area contributed by atoms with Crippen molar-refractivity contribution in [3.05, 3.63) is 28.2 Å². The highest BCUT2D eigenvalue weighted by atomic mass is 79.9. The van der Waals surface area contributed by atoms with Crippen LogP contribution in [0, 0.1) is 5.92 Å². The lowest BCUT2D eigenvalue weighted by Gasteiger charge is -2.35. The summed E-state index contributed by atoms with van der Waals surface area (Å²) in [5.41, 5.74) is 5.71. The predicted molar refractivity (Wildman–Crippen MR) is 73.7 cm³/mol. The first-order chi connectivity index (χ1) is 8.60. The van der Waals surface area contributed by atoms with Gasteiger partial charge < -0.3 is 15.8 Å². The van der Waals surface area contributed by atoms with Gasteiger partial charge in [0.15, 0.2) is 0 Å². The van der Waals surface area contributed by atoms with Crippen LogP contribution in [-0.2, 0) is 0 Å². The fourth-order valence-electron chi connectivity index (χ4n) is 2.19. The van der Waals surface area contributed by atoms with Crippen molar-refractivity contribution >= 4 is 21.8 Å². The molecule has 0 spiro atoms. The number of carbonyl (C=O) groups excluding carboxylic acids is 1. The van der Waals surface area contributed by atoms with Crippen LogP contribution in [0.15, 0.2) is 22.7 Å². The summed E-state index contributed by atoms with van der Waals surface area (Å²) in [6.45, 7) is 1.05. The second-order valence-corrected chi connectivity index (χ2v) is 5.50. The largest absolute Gasteiger partial charge is 0.490 e. The summed E-state index contributed by atoms with van der Waals surface area (Å²) in [6.07, 6.45) is 2.45. The molecule has 0 aromatic heterocycles. The van der Waals surface area contributed by atoms with E-state index in [-0.39, 0.29) is 6.10 Å². The highest BCUT2D eigenvalue weighted by molar-refractivity contribution is 9.10. The fraction of sp³-hybridized carbons (Fsp3) is 0.462. The average Bonchev–Trinajstić information content (AvgIpc) is 2.26. The number of halogens is 1. The van der Waals surface area contributed by atoms with Crippen LogP contribution in [0.5, 0.6) is 5.75 Å². The highest BCUT2D eigenvalue weighted by Crippen LogP contribution is 2.32. The number of amides is 1. The van der Waals surface area contributed by atoms with Crippen LogP contribution in [0.2, 0.25) is 0 Å². The van der Waals surface area contributed by atoms with Gasteiger partial charge in [-0.2, -0.15) is 0 Å². The highest BCUT2D eigenvalue weighted by Gasteiger charge is 2.30. The molecule has 1 fully saturated rings. The van der Waals surface area contributed by atoms with Gasteiger partial charge >= 0.3 is 0 Å². The number of hydrogen-bond acceptors (Lipinski definition) is 3. The van der Waals surface area contributed by atoms with Crippen LogP contribution < -0.4 is 15.8 Å². The molecule has 98 valence electrons. The van der Waals surface area contributed by atoms with Crippen molar-refractivity contribution in [2.45, 2.75) is 18.9 Å². The zero-order valence-corrected chi connectivity index (χ0v) is 11.9. The Bertz CT molecular complexity index is 445.